The van der Waals surface area contributed by atoms with Crippen molar-refractivity contribution < 1.29 is 4.79 Å². The Morgan fingerprint density at radius 3 is 2.38 bits per heavy atom. The molecule has 0 bridgehead atoms. The van der Waals surface area contributed by atoms with Crippen LogP contribution < -0.4 is 5.56 Å². The monoisotopic (exact) mass is 349 g/mol. The molecule has 1 aromatic heterocycles. The van der Waals surface area contributed by atoms with Crippen LogP contribution in [-0.4, -0.2) is 34.2 Å². The number of hydrogen-bond donors (Lipinski definition) is 0. The van der Waals surface area contributed by atoms with Gasteiger partial charge in [0.2, 0.25) is 0 Å². The maximum absolute atomic E-state index is 12.5. The summed E-state index contributed by atoms with van der Waals surface area (Å²) < 4.78 is 1.36. The number of aryl methyl sites for hydroxylation is 1. The highest BCUT2D eigenvalue weighted by Crippen LogP contribution is 2.25. The molecule has 3 rings (SSSR count). The molecule has 134 valence electrons. The van der Waals surface area contributed by atoms with Crippen molar-refractivity contribution in [2.24, 2.45) is 7.05 Å². The van der Waals surface area contributed by atoms with E-state index in [0.717, 1.165) is 36.0 Å². The highest BCUT2D eigenvalue weighted by molar-refractivity contribution is 5.96. The van der Waals surface area contributed by atoms with Crippen LogP contribution in [0.5, 0.6) is 0 Å². The average Bonchev–Trinajstić information content (AvgIpc) is 2.68. The number of carbonyl (C=O) groups is 1. The zero-order valence-corrected chi connectivity index (χ0v) is 15.4. The minimum absolute atomic E-state index is 0.0169. The molecule has 0 radical (unpaired) electrons. The van der Waals surface area contributed by atoms with Crippen LogP contribution in [-0.2, 0) is 7.05 Å². The predicted octanol–water partition coefficient (Wildman–Crippen LogP) is 3.47. The molecular weight excluding hydrogens is 326 g/mol. The zero-order valence-electron chi connectivity index (χ0n) is 15.4. The fourth-order valence-electron chi connectivity index (χ4n) is 3.00. The molecule has 1 heterocycles. The molecule has 0 fully saturated rings. The van der Waals surface area contributed by atoms with Crippen LogP contribution in [0.25, 0.3) is 22.0 Å². The molecule has 0 saturated heterocycles. The molecule has 3 aromatic rings. The van der Waals surface area contributed by atoms with Crippen molar-refractivity contribution in [2.75, 3.05) is 13.6 Å². The lowest BCUT2D eigenvalue weighted by Crippen LogP contribution is -2.27. The second-order valence-electron chi connectivity index (χ2n) is 6.48. The number of aromatic nitrogens is 2. The van der Waals surface area contributed by atoms with Gasteiger partial charge in [-0.25, -0.2) is 4.68 Å². The summed E-state index contributed by atoms with van der Waals surface area (Å²) in [6.45, 7) is 2.86. The van der Waals surface area contributed by atoms with Gasteiger partial charge in [0.25, 0.3) is 11.5 Å². The van der Waals surface area contributed by atoms with Gasteiger partial charge in [-0.2, -0.15) is 5.10 Å². The Balaban J connectivity index is 1.97. The summed E-state index contributed by atoms with van der Waals surface area (Å²) in [7, 11) is 3.48. The minimum atomic E-state index is -0.117. The summed E-state index contributed by atoms with van der Waals surface area (Å²) in [5.41, 5.74) is 2.15. The largest absolute Gasteiger partial charge is 0.342 e. The Morgan fingerprint density at radius 1 is 1.08 bits per heavy atom. The van der Waals surface area contributed by atoms with E-state index in [1.165, 1.54) is 4.68 Å². The fraction of sp³-hybridized carbons (Fsp3) is 0.286. The second-order valence-corrected chi connectivity index (χ2v) is 6.48. The number of hydrogen-bond acceptors (Lipinski definition) is 3. The molecule has 0 aliphatic rings. The quantitative estimate of drug-likeness (QED) is 0.709. The number of fused-ring (bicyclic) bond motifs is 1. The Bertz CT molecular complexity index is 990. The summed E-state index contributed by atoms with van der Waals surface area (Å²) in [5.74, 6) is 0.0169. The van der Waals surface area contributed by atoms with Gasteiger partial charge in [-0.1, -0.05) is 43.7 Å². The predicted molar refractivity (Wildman–Crippen MR) is 104 cm³/mol. The number of nitrogens with zero attached hydrogens (tertiary/aromatic N) is 3. The molecule has 0 N–H and O–H groups in total. The van der Waals surface area contributed by atoms with Gasteiger partial charge in [0, 0.05) is 37.2 Å². The summed E-state index contributed by atoms with van der Waals surface area (Å²) in [6, 6.07) is 14.9. The molecule has 1 amide bonds. The lowest BCUT2D eigenvalue weighted by molar-refractivity contribution is 0.0793. The lowest BCUT2D eigenvalue weighted by atomic mass is 10.0. The molecule has 2 aromatic carbocycles. The topological polar surface area (TPSA) is 55.2 Å². The summed E-state index contributed by atoms with van der Waals surface area (Å²) in [6.07, 6.45) is 2.05. The normalized spacial score (nSPS) is 10.9. The van der Waals surface area contributed by atoms with Crippen LogP contribution in [0.2, 0.25) is 0 Å². The van der Waals surface area contributed by atoms with Gasteiger partial charge in [-0.05, 0) is 24.6 Å². The van der Waals surface area contributed by atoms with E-state index < -0.39 is 0 Å². The molecule has 0 saturated carbocycles. The Morgan fingerprint density at radius 2 is 1.73 bits per heavy atom. The third-order valence-electron chi connectivity index (χ3n) is 4.56. The standard InChI is InChI=1S/C21H23N3O2/c1-4-5-14-23(2)20(25)16-12-10-15(11-13-16)19-17-8-6-7-9-18(17)21(26)24(3)22-19/h6-13H,4-5,14H2,1-3H3. The Hall–Kier alpha value is -2.95. The molecule has 0 spiro atoms. The molecule has 0 aliphatic heterocycles. The number of rotatable bonds is 5. The van der Waals surface area contributed by atoms with Gasteiger partial charge >= 0.3 is 0 Å². The van der Waals surface area contributed by atoms with Crippen molar-refractivity contribution in [1.29, 1.82) is 0 Å². The Labute approximate surface area is 152 Å². The van der Waals surface area contributed by atoms with E-state index in [0.29, 0.717) is 10.9 Å². The molecule has 26 heavy (non-hydrogen) atoms. The van der Waals surface area contributed by atoms with Crippen molar-refractivity contribution in [3.05, 3.63) is 64.4 Å². The highest BCUT2D eigenvalue weighted by Gasteiger charge is 2.13. The maximum Gasteiger partial charge on any atom is 0.274 e. The van der Waals surface area contributed by atoms with Crippen molar-refractivity contribution in [3.8, 4) is 11.3 Å². The van der Waals surface area contributed by atoms with Gasteiger partial charge < -0.3 is 4.90 Å². The third-order valence-corrected chi connectivity index (χ3v) is 4.56. The second kappa shape index (κ2) is 7.52. The lowest BCUT2D eigenvalue weighted by Gasteiger charge is -2.17. The maximum atomic E-state index is 12.5. The van der Waals surface area contributed by atoms with E-state index in [1.807, 2.05) is 55.6 Å². The molecule has 0 atom stereocenters. The van der Waals surface area contributed by atoms with E-state index in [2.05, 4.69) is 12.0 Å². The van der Waals surface area contributed by atoms with E-state index in [-0.39, 0.29) is 11.5 Å². The number of unbranched alkanes of at least 4 members (excludes halogenated alkanes) is 1. The smallest absolute Gasteiger partial charge is 0.274 e. The van der Waals surface area contributed by atoms with Crippen molar-refractivity contribution in [3.63, 3.8) is 0 Å². The zero-order chi connectivity index (χ0) is 18.7. The summed E-state index contributed by atoms with van der Waals surface area (Å²) >= 11 is 0. The highest BCUT2D eigenvalue weighted by atomic mass is 16.2. The molecular formula is C21H23N3O2. The number of amides is 1. The average molecular weight is 349 g/mol. The first-order valence-electron chi connectivity index (χ1n) is 8.85. The van der Waals surface area contributed by atoms with Gasteiger partial charge in [0.1, 0.15) is 0 Å². The van der Waals surface area contributed by atoms with E-state index >= 15 is 0 Å². The van der Waals surface area contributed by atoms with Crippen LogP contribution in [0.15, 0.2) is 53.3 Å². The molecule has 5 nitrogen and oxygen atoms in total. The SMILES string of the molecule is CCCCN(C)C(=O)c1ccc(-c2nn(C)c(=O)c3ccccc23)cc1. The first-order chi connectivity index (χ1) is 12.5. The van der Waals surface area contributed by atoms with Gasteiger partial charge in [-0.15, -0.1) is 0 Å². The molecule has 0 aliphatic carbocycles. The van der Waals surface area contributed by atoms with Crippen LogP contribution in [0, 0.1) is 0 Å². The van der Waals surface area contributed by atoms with Crippen molar-refractivity contribution in [1.82, 2.24) is 14.7 Å². The van der Waals surface area contributed by atoms with Crippen LogP contribution in [0.3, 0.4) is 0 Å². The first-order valence-corrected chi connectivity index (χ1v) is 8.85. The minimum Gasteiger partial charge on any atom is -0.342 e. The van der Waals surface area contributed by atoms with Gasteiger partial charge in [0.05, 0.1) is 11.1 Å². The number of benzene rings is 2. The van der Waals surface area contributed by atoms with Crippen LogP contribution >= 0.6 is 0 Å². The van der Waals surface area contributed by atoms with E-state index in [1.54, 1.807) is 11.9 Å². The van der Waals surface area contributed by atoms with Gasteiger partial charge in [0.15, 0.2) is 0 Å². The van der Waals surface area contributed by atoms with E-state index in [9.17, 15) is 9.59 Å². The van der Waals surface area contributed by atoms with Crippen LogP contribution in [0.1, 0.15) is 30.1 Å². The summed E-state index contributed by atoms with van der Waals surface area (Å²) in [5, 5.41) is 5.88. The third kappa shape index (κ3) is 3.38. The van der Waals surface area contributed by atoms with Crippen molar-refractivity contribution >= 4 is 16.7 Å². The fourth-order valence-corrected chi connectivity index (χ4v) is 3.00. The first kappa shape index (κ1) is 17.9. The summed E-state index contributed by atoms with van der Waals surface area (Å²) in [4.78, 5) is 26.5. The molecule has 0 unspecified atom stereocenters. The Kier molecular flexibility index (Phi) is 5.16. The van der Waals surface area contributed by atoms with Gasteiger partial charge in [-0.3, -0.25) is 9.59 Å². The van der Waals surface area contributed by atoms with E-state index in [4.69, 9.17) is 0 Å². The van der Waals surface area contributed by atoms with Crippen LogP contribution in [0.4, 0.5) is 0 Å². The number of carbonyl (C=O) groups excluding carboxylic acids is 1. The van der Waals surface area contributed by atoms with Crippen molar-refractivity contribution in [2.45, 2.75) is 19.8 Å². The molecule has 5 heteroatoms.